The average Bonchev–Trinajstić information content (AvgIpc) is 3.55. The molecule has 1 rings (SSSR count). The van der Waals surface area contributed by atoms with E-state index in [-0.39, 0.29) is 43.7 Å². The van der Waals surface area contributed by atoms with E-state index in [1.165, 1.54) is 64.2 Å². The molecule has 0 saturated carbocycles. The summed E-state index contributed by atoms with van der Waals surface area (Å²) in [5.74, 6) is -1.15. The van der Waals surface area contributed by atoms with Gasteiger partial charge in [0.25, 0.3) is 0 Å². The van der Waals surface area contributed by atoms with Crippen LogP contribution in [0.5, 0.6) is 0 Å². The third-order valence-electron chi connectivity index (χ3n) is 10.6. The second kappa shape index (κ2) is 35.1. The fraction of sp³-hybridized carbons (Fsp3) is 0.771. The maximum Gasteiger partial charge on any atom is 0.472 e. The molecule has 2 N–H and O–H groups in total. The minimum Gasteiger partial charge on any atom is -0.462 e. The van der Waals surface area contributed by atoms with Gasteiger partial charge in [-0.25, -0.2) is 4.57 Å². The molecular formula is C48H85NO10P+. The lowest BCUT2D eigenvalue weighted by atomic mass is 9.90. The number of esters is 2. The molecule has 0 heterocycles. The van der Waals surface area contributed by atoms with Gasteiger partial charge in [-0.1, -0.05) is 140 Å². The Balaban J connectivity index is 2.43. The normalized spacial score (nSPS) is 17.9. The van der Waals surface area contributed by atoms with Crippen molar-refractivity contribution in [3.63, 3.8) is 0 Å². The fourth-order valence-electron chi connectivity index (χ4n) is 6.76. The third-order valence-corrected chi connectivity index (χ3v) is 11.6. The predicted octanol–water partition coefficient (Wildman–Crippen LogP) is 11.1. The number of hydrogen-bond acceptors (Lipinski definition) is 9. The summed E-state index contributed by atoms with van der Waals surface area (Å²) < 4.78 is 34.3. The zero-order valence-corrected chi connectivity index (χ0v) is 39.2. The van der Waals surface area contributed by atoms with E-state index in [1.807, 2.05) is 45.4 Å². The predicted molar refractivity (Wildman–Crippen MR) is 242 cm³/mol. The molecule has 1 unspecified atom stereocenters. The lowest BCUT2D eigenvalue weighted by molar-refractivity contribution is -0.870. The summed E-state index contributed by atoms with van der Waals surface area (Å²) in [7, 11) is 1.36. The topological polar surface area (TPSA) is 146 Å². The van der Waals surface area contributed by atoms with Crippen molar-refractivity contribution in [1.29, 1.82) is 0 Å². The standard InChI is InChI=1S/C48H84NO10P/c1-6-8-10-11-12-13-14-15-16-17-18-19-20-21-22-23-29-33-48(53)59-44(41-58-60(54,55)57-39-38-49(3,4)5)40-56-47(52)32-28-25-24-27-30-42-34-37-46(51)45(42)36-35-43(50)31-26-9-7-2/h15-16,24,27,34-37,42-45,50H,6-14,17-23,25-26,28-33,38-41H2,1-5H3/p+1/b16-15-,27-24-,36-35+/t42-,43-,44+,45+/m0/s1. The molecule has 1 aliphatic carbocycles. The molecule has 0 aromatic carbocycles. The molecule has 60 heavy (non-hydrogen) atoms. The summed E-state index contributed by atoms with van der Waals surface area (Å²) in [6.45, 7) is 4.09. The van der Waals surface area contributed by atoms with Crippen LogP contribution >= 0.6 is 7.82 Å². The third kappa shape index (κ3) is 32.3. The van der Waals surface area contributed by atoms with Gasteiger partial charge in [0, 0.05) is 18.8 Å². The number of ketones is 1. The number of nitrogens with zero attached hydrogens (tertiary/aromatic N) is 1. The molecule has 0 spiro atoms. The minimum absolute atomic E-state index is 0.00202. The van der Waals surface area contributed by atoms with E-state index >= 15 is 0 Å². The number of aliphatic hydroxyl groups is 1. The number of phosphoric acid groups is 1. The molecule has 0 fully saturated rings. The highest BCUT2D eigenvalue weighted by Crippen LogP contribution is 2.43. The van der Waals surface area contributed by atoms with Crippen LogP contribution in [-0.4, -0.2) is 91.9 Å². The van der Waals surface area contributed by atoms with Crippen molar-refractivity contribution >= 4 is 25.5 Å². The number of rotatable bonds is 39. The van der Waals surface area contributed by atoms with E-state index < -0.39 is 38.6 Å². The monoisotopic (exact) mass is 867 g/mol. The highest BCUT2D eigenvalue weighted by atomic mass is 31.2. The van der Waals surface area contributed by atoms with Gasteiger partial charge in [0.1, 0.15) is 19.8 Å². The highest BCUT2D eigenvalue weighted by molar-refractivity contribution is 7.47. The molecule has 0 amide bonds. The van der Waals surface area contributed by atoms with Crippen molar-refractivity contribution in [3.05, 3.63) is 48.6 Å². The number of hydrogen-bond donors (Lipinski definition) is 2. The second-order valence-corrected chi connectivity index (χ2v) is 18.9. The molecule has 0 radical (unpaired) electrons. The maximum absolute atomic E-state index is 12.8. The number of ether oxygens (including phenoxy) is 2. The first-order chi connectivity index (χ1) is 28.8. The van der Waals surface area contributed by atoms with Gasteiger partial charge in [-0.3, -0.25) is 23.4 Å². The van der Waals surface area contributed by atoms with Crippen LogP contribution in [0.25, 0.3) is 0 Å². The van der Waals surface area contributed by atoms with Crippen LogP contribution in [0.4, 0.5) is 0 Å². The van der Waals surface area contributed by atoms with Crippen molar-refractivity contribution in [3.8, 4) is 0 Å². The average molecular weight is 867 g/mol. The largest absolute Gasteiger partial charge is 0.472 e. The van der Waals surface area contributed by atoms with E-state index in [1.54, 1.807) is 12.2 Å². The van der Waals surface area contributed by atoms with Crippen LogP contribution in [0, 0.1) is 11.8 Å². The van der Waals surface area contributed by atoms with Crippen LogP contribution < -0.4 is 0 Å². The quantitative estimate of drug-likeness (QED) is 0.0201. The lowest BCUT2D eigenvalue weighted by Crippen LogP contribution is -2.37. The molecule has 1 aliphatic rings. The van der Waals surface area contributed by atoms with Crippen molar-refractivity contribution < 1.29 is 52.0 Å². The molecule has 0 aromatic rings. The molecule has 0 aromatic heterocycles. The van der Waals surface area contributed by atoms with Crippen LogP contribution in [0.3, 0.4) is 0 Å². The van der Waals surface area contributed by atoms with E-state index in [0.717, 1.165) is 44.9 Å². The molecule has 0 saturated heterocycles. The number of likely N-dealkylation sites (N-methyl/N-ethyl adjacent to an activating group) is 1. The SMILES string of the molecule is CCCCCCCC/C=C\CCCCCCCCCC(=O)O[C@H](COC(=O)CCC/C=C\C[C@H]1C=CC(=O)[C@@H]1/C=C/[C@@H](O)CCCCC)COP(=O)(O)OCC[N+](C)(C)C. The first-order valence-corrected chi connectivity index (χ1v) is 24.9. The van der Waals surface area contributed by atoms with E-state index in [0.29, 0.717) is 43.1 Å². The Morgan fingerprint density at radius 1 is 0.750 bits per heavy atom. The fourth-order valence-corrected chi connectivity index (χ4v) is 7.50. The second-order valence-electron chi connectivity index (χ2n) is 17.4. The maximum atomic E-state index is 12.8. The Hall–Kier alpha value is -2.40. The van der Waals surface area contributed by atoms with Crippen molar-refractivity contribution in [2.24, 2.45) is 11.8 Å². The summed E-state index contributed by atoms with van der Waals surface area (Å²) in [6, 6.07) is 0. The van der Waals surface area contributed by atoms with Gasteiger partial charge in [-0.05, 0) is 69.8 Å². The number of quaternary nitrogens is 1. The number of allylic oxidation sites excluding steroid dienone is 7. The zero-order chi connectivity index (χ0) is 44.3. The summed E-state index contributed by atoms with van der Waals surface area (Å²) in [5.41, 5.74) is 0. The van der Waals surface area contributed by atoms with Gasteiger partial charge in [0.15, 0.2) is 11.9 Å². The molecule has 346 valence electrons. The summed E-state index contributed by atoms with van der Waals surface area (Å²) in [6.07, 6.45) is 37.8. The Morgan fingerprint density at radius 2 is 1.32 bits per heavy atom. The van der Waals surface area contributed by atoms with Gasteiger partial charge in [0.2, 0.25) is 0 Å². The first-order valence-electron chi connectivity index (χ1n) is 23.4. The van der Waals surface area contributed by atoms with Crippen molar-refractivity contribution in [2.45, 2.75) is 180 Å². The Morgan fingerprint density at radius 3 is 1.97 bits per heavy atom. The van der Waals surface area contributed by atoms with Crippen LogP contribution in [0.1, 0.15) is 168 Å². The highest BCUT2D eigenvalue weighted by Gasteiger charge is 2.28. The van der Waals surface area contributed by atoms with Crippen LogP contribution in [0.2, 0.25) is 0 Å². The van der Waals surface area contributed by atoms with E-state index in [2.05, 4.69) is 26.0 Å². The number of carbonyl (C=O) groups excluding carboxylic acids is 3. The van der Waals surface area contributed by atoms with Crippen molar-refractivity contribution in [1.82, 2.24) is 0 Å². The van der Waals surface area contributed by atoms with Gasteiger partial charge in [0.05, 0.1) is 33.9 Å². The number of aliphatic hydroxyl groups excluding tert-OH is 1. The smallest absolute Gasteiger partial charge is 0.462 e. The Bertz CT molecular complexity index is 1310. The number of unbranched alkanes of at least 4 members (excludes halogenated alkanes) is 16. The molecule has 0 aliphatic heterocycles. The van der Waals surface area contributed by atoms with E-state index in [4.69, 9.17) is 18.5 Å². The van der Waals surface area contributed by atoms with Crippen LogP contribution in [0.15, 0.2) is 48.6 Å². The molecule has 5 atom stereocenters. The Labute approximate surface area is 364 Å². The summed E-state index contributed by atoms with van der Waals surface area (Å²) in [4.78, 5) is 48.0. The van der Waals surface area contributed by atoms with Gasteiger partial charge < -0.3 is 24.0 Å². The summed E-state index contributed by atoms with van der Waals surface area (Å²) in [5, 5.41) is 10.2. The lowest BCUT2D eigenvalue weighted by Gasteiger charge is -2.24. The van der Waals surface area contributed by atoms with Gasteiger partial charge in [-0.2, -0.15) is 0 Å². The van der Waals surface area contributed by atoms with Gasteiger partial charge in [-0.15, -0.1) is 0 Å². The summed E-state index contributed by atoms with van der Waals surface area (Å²) >= 11 is 0. The number of phosphoric ester groups is 1. The Kier molecular flexibility index (Phi) is 32.5. The first kappa shape index (κ1) is 55.6. The minimum atomic E-state index is -4.43. The zero-order valence-electron chi connectivity index (χ0n) is 38.3. The molecule has 11 nitrogen and oxygen atoms in total. The molecular weight excluding hydrogens is 781 g/mol. The van der Waals surface area contributed by atoms with Crippen LogP contribution in [-0.2, 0) is 37.5 Å². The van der Waals surface area contributed by atoms with Gasteiger partial charge >= 0.3 is 19.8 Å². The molecule has 0 bridgehead atoms. The number of carbonyl (C=O) groups is 3. The van der Waals surface area contributed by atoms with E-state index in [9.17, 15) is 28.9 Å². The van der Waals surface area contributed by atoms with Crippen molar-refractivity contribution in [2.75, 3.05) is 47.5 Å². The molecule has 12 heteroatoms.